The molecule has 3 aromatic carbocycles. The van der Waals surface area contributed by atoms with Crippen molar-refractivity contribution in [2.24, 2.45) is 0 Å². The average molecular weight is 613 g/mol. The molecule has 3 rings (SSSR count). The summed E-state index contributed by atoms with van der Waals surface area (Å²) in [6.45, 7) is 2.93. The molecule has 0 aliphatic carbocycles. The first kappa shape index (κ1) is 30.6. The molecule has 0 unspecified atom stereocenters. The molecule has 0 bridgehead atoms. The number of rotatable bonds is 11. The number of halogens is 3. The molecule has 0 radical (unpaired) electrons. The Hall–Kier alpha value is -2.98. The maximum atomic E-state index is 13.9. The van der Waals surface area contributed by atoms with Crippen LogP contribution in [0.2, 0.25) is 15.1 Å². The van der Waals surface area contributed by atoms with E-state index in [1.807, 2.05) is 0 Å². The van der Waals surface area contributed by atoms with Crippen LogP contribution in [0.4, 0.5) is 5.69 Å². The Labute approximate surface area is 243 Å². The minimum absolute atomic E-state index is 0.0523. The number of amides is 2. The quantitative estimate of drug-likeness (QED) is 0.313. The van der Waals surface area contributed by atoms with Crippen LogP contribution in [0.5, 0.6) is 5.75 Å². The number of benzene rings is 3. The number of anilines is 1. The van der Waals surface area contributed by atoms with Gasteiger partial charge in [-0.05, 0) is 74.5 Å². The molecule has 39 heavy (non-hydrogen) atoms. The zero-order chi connectivity index (χ0) is 28.7. The van der Waals surface area contributed by atoms with Crippen LogP contribution in [0.1, 0.15) is 19.4 Å². The minimum Gasteiger partial charge on any atom is -0.497 e. The van der Waals surface area contributed by atoms with Crippen molar-refractivity contribution >= 4 is 62.3 Å². The number of carbonyl (C=O) groups is 2. The van der Waals surface area contributed by atoms with Crippen molar-refractivity contribution in [3.63, 3.8) is 0 Å². The van der Waals surface area contributed by atoms with Gasteiger partial charge in [0.05, 0.1) is 17.7 Å². The Morgan fingerprint density at radius 2 is 1.54 bits per heavy atom. The molecule has 3 aromatic rings. The lowest BCUT2D eigenvalue weighted by molar-refractivity contribution is -0.139. The molecule has 0 saturated carbocycles. The molecule has 0 saturated heterocycles. The number of carbonyl (C=O) groups excluding carboxylic acids is 2. The van der Waals surface area contributed by atoms with Gasteiger partial charge in [0.2, 0.25) is 11.8 Å². The standard InChI is InChI=1S/C27H28Cl3N3O5S/c1-4-31-27(35)18(2)32(16-23-24(29)6-5-7-25(23)30)26(34)17-33(20-10-8-19(28)9-11-20)39(36,37)22-14-12-21(38-3)13-15-22/h5-15,18H,4,16-17H2,1-3H3,(H,31,35)/t18-/m1/s1. The Balaban J connectivity index is 2.06. The molecule has 0 aliphatic rings. The van der Waals surface area contributed by atoms with Crippen LogP contribution in [0.25, 0.3) is 0 Å². The van der Waals surface area contributed by atoms with Gasteiger partial charge in [0.25, 0.3) is 10.0 Å². The molecule has 0 heterocycles. The molecule has 0 aliphatic heterocycles. The van der Waals surface area contributed by atoms with Gasteiger partial charge in [0, 0.05) is 33.7 Å². The van der Waals surface area contributed by atoms with Crippen LogP contribution in [-0.4, -0.2) is 51.4 Å². The van der Waals surface area contributed by atoms with E-state index in [2.05, 4.69) is 5.32 Å². The summed E-state index contributed by atoms with van der Waals surface area (Å²) in [6.07, 6.45) is 0. The number of nitrogens with zero attached hydrogens (tertiary/aromatic N) is 2. The summed E-state index contributed by atoms with van der Waals surface area (Å²) in [4.78, 5) is 27.9. The number of sulfonamides is 1. The van der Waals surface area contributed by atoms with Crippen molar-refractivity contribution in [3.8, 4) is 5.75 Å². The largest absolute Gasteiger partial charge is 0.497 e. The molecule has 2 amide bonds. The van der Waals surface area contributed by atoms with Crippen LogP contribution in [0.15, 0.2) is 71.6 Å². The highest BCUT2D eigenvalue weighted by Gasteiger charge is 2.33. The topological polar surface area (TPSA) is 96.0 Å². The summed E-state index contributed by atoms with van der Waals surface area (Å²) < 4.78 is 33.7. The van der Waals surface area contributed by atoms with E-state index in [4.69, 9.17) is 39.5 Å². The smallest absolute Gasteiger partial charge is 0.264 e. The fourth-order valence-electron chi connectivity index (χ4n) is 3.77. The molecule has 1 atom stereocenters. The average Bonchev–Trinajstić information content (AvgIpc) is 2.92. The Morgan fingerprint density at radius 3 is 2.08 bits per heavy atom. The van der Waals surface area contributed by atoms with Gasteiger partial charge in [-0.15, -0.1) is 0 Å². The number of hydrogen-bond acceptors (Lipinski definition) is 5. The van der Waals surface area contributed by atoms with Crippen LogP contribution in [-0.2, 0) is 26.2 Å². The van der Waals surface area contributed by atoms with E-state index < -0.39 is 34.4 Å². The molecule has 0 fully saturated rings. The van der Waals surface area contributed by atoms with Gasteiger partial charge in [-0.2, -0.15) is 0 Å². The SMILES string of the molecule is CCNC(=O)[C@@H](C)N(Cc1c(Cl)cccc1Cl)C(=O)CN(c1ccc(Cl)cc1)S(=O)(=O)c1ccc(OC)cc1. The lowest BCUT2D eigenvalue weighted by Gasteiger charge is -2.32. The highest BCUT2D eigenvalue weighted by Crippen LogP contribution is 2.29. The number of nitrogens with one attached hydrogen (secondary N) is 1. The van der Waals surface area contributed by atoms with Gasteiger partial charge in [-0.1, -0.05) is 40.9 Å². The highest BCUT2D eigenvalue weighted by atomic mass is 35.5. The molecule has 12 heteroatoms. The molecule has 8 nitrogen and oxygen atoms in total. The van der Waals surface area contributed by atoms with Crippen molar-refractivity contribution in [2.75, 3.05) is 24.5 Å². The second kappa shape index (κ2) is 13.4. The van der Waals surface area contributed by atoms with Gasteiger partial charge < -0.3 is 15.0 Å². The summed E-state index contributed by atoms with van der Waals surface area (Å²) in [7, 11) is -2.76. The van der Waals surface area contributed by atoms with Crippen LogP contribution < -0.4 is 14.4 Å². The predicted molar refractivity (Wildman–Crippen MR) is 154 cm³/mol. The molecule has 1 N–H and O–H groups in total. The van der Waals surface area contributed by atoms with E-state index in [-0.39, 0.29) is 17.1 Å². The van der Waals surface area contributed by atoms with Crippen molar-refractivity contribution < 1.29 is 22.7 Å². The van der Waals surface area contributed by atoms with Gasteiger partial charge in [-0.3, -0.25) is 13.9 Å². The maximum absolute atomic E-state index is 13.9. The third-order valence-electron chi connectivity index (χ3n) is 5.95. The number of hydrogen-bond donors (Lipinski definition) is 1. The molecular weight excluding hydrogens is 585 g/mol. The number of likely N-dealkylation sites (N-methyl/N-ethyl adjacent to an activating group) is 1. The minimum atomic E-state index is -4.23. The first-order valence-corrected chi connectivity index (χ1v) is 14.5. The zero-order valence-corrected chi connectivity index (χ0v) is 24.6. The third-order valence-corrected chi connectivity index (χ3v) is 8.70. The second-order valence-corrected chi connectivity index (χ2v) is 11.6. The summed E-state index contributed by atoms with van der Waals surface area (Å²) in [5.74, 6) is -0.580. The fraction of sp³-hybridized carbons (Fsp3) is 0.259. The van der Waals surface area contributed by atoms with Crippen molar-refractivity contribution in [1.82, 2.24) is 10.2 Å². The zero-order valence-electron chi connectivity index (χ0n) is 21.5. The fourth-order valence-corrected chi connectivity index (χ4v) is 5.83. The first-order chi connectivity index (χ1) is 18.5. The Bertz CT molecular complexity index is 1400. The molecule has 208 valence electrons. The van der Waals surface area contributed by atoms with Gasteiger partial charge in [0.15, 0.2) is 0 Å². The maximum Gasteiger partial charge on any atom is 0.264 e. The first-order valence-electron chi connectivity index (χ1n) is 11.9. The summed E-state index contributed by atoms with van der Waals surface area (Å²) in [6, 6.07) is 15.8. The second-order valence-electron chi connectivity index (χ2n) is 8.46. The van der Waals surface area contributed by atoms with E-state index in [0.29, 0.717) is 32.9 Å². The van der Waals surface area contributed by atoms with E-state index in [0.717, 1.165) is 4.31 Å². The van der Waals surface area contributed by atoms with Crippen LogP contribution in [0.3, 0.4) is 0 Å². The van der Waals surface area contributed by atoms with E-state index in [1.54, 1.807) is 32.0 Å². The van der Waals surface area contributed by atoms with Gasteiger partial charge in [-0.25, -0.2) is 8.42 Å². The predicted octanol–water partition coefficient (Wildman–Crippen LogP) is 5.40. The number of ether oxygens (including phenoxy) is 1. The monoisotopic (exact) mass is 611 g/mol. The summed E-state index contributed by atoms with van der Waals surface area (Å²) >= 11 is 18.8. The van der Waals surface area contributed by atoms with Gasteiger partial charge in [0.1, 0.15) is 18.3 Å². The molecule has 0 spiro atoms. The Morgan fingerprint density at radius 1 is 0.949 bits per heavy atom. The third kappa shape index (κ3) is 7.36. The van der Waals surface area contributed by atoms with E-state index >= 15 is 0 Å². The van der Waals surface area contributed by atoms with E-state index in [1.165, 1.54) is 60.5 Å². The lowest BCUT2D eigenvalue weighted by atomic mass is 10.1. The Kier molecular flexibility index (Phi) is 10.5. The van der Waals surface area contributed by atoms with Crippen molar-refractivity contribution in [1.29, 1.82) is 0 Å². The van der Waals surface area contributed by atoms with Crippen molar-refractivity contribution in [2.45, 2.75) is 31.3 Å². The van der Waals surface area contributed by atoms with Gasteiger partial charge >= 0.3 is 0 Å². The van der Waals surface area contributed by atoms with Crippen molar-refractivity contribution in [3.05, 3.63) is 87.4 Å². The van der Waals surface area contributed by atoms with Crippen LogP contribution >= 0.6 is 34.8 Å². The summed E-state index contributed by atoms with van der Waals surface area (Å²) in [5.41, 5.74) is 0.645. The van der Waals surface area contributed by atoms with E-state index in [9.17, 15) is 18.0 Å². The number of methoxy groups -OCH3 is 1. The summed E-state index contributed by atoms with van der Waals surface area (Å²) in [5, 5.41) is 3.71. The normalized spacial score (nSPS) is 11.9. The molecule has 0 aromatic heterocycles. The highest BCUT2D eigenvalue weighted by molar-refractivity contribution is 7.92. The van der Waals surface area contributed by atoms with Crippen LogP contribution in [0, 0.1) is 0 Å². The lowest BCUT2D eigenvalue weighted by Crippen LogP contribution is -2.51. The molecular formula is C27H28Cl3N3O5S.